The Labute approximate surface area is 248 Å². The summed E-state index contributed by atoms with van der Waals surface area (Å²) in [7, 11) is 3.15. The smallest absolute Gasteiger partial charge is 0.270 e. The van der Waals surface area contributed by atoms with Crippen molar-refractivity contribution < 1.29 is 19.1 Å². The Morgan fingerprint density at radius 3 is 1.76 bits per heavy atom. The van der Waals surface area contributed by atoms with Crippen LogP contribution in [0.2, 0.25) is 0 Å². The molecule has 0 N–H and O–H groups in total. The number of hydrogen-bond acceptors (Lipinski definition) is 5. The van der Waals surface area contributed by atoms with Crippen LogP contribution in [0.15, 0.2) is 115 Å². The fourth-order valence-electron chi connectivity index (χ4n) is 5.10. The van der Waals surface area contributed by atoms with E-state index in [1.165, 1.54) is 9.80 Å². The second kappa shape index (κ2) is 11.3. The van der Waals surface area contributed by atoms with Crippen LogP contribution in [0.3, 0.4) is 0 Å². The zero-order valence-electron chi connectivity index (χ0n) is 23.1. The van der Waals surface area contributed by atoms with Gasteiger partial charge in [-0.1, -0.05) is 48.5 Å². The minimum absolute atomic E-state index is 0.00199. The molecule has 42 heavy (non-hydrogen) atoms. The van der Waals surface area contributed by atoms with E-state index in [0.717, 1.165) is 22.0 Å². The number of carbonyl (C=O) groups is 2. The van der Waals surface area contributed by atoms with Crippen LogP contribution in [-0.2, 0) is 16.1 Å². The molecule has 7 nitrogen and oxygen atoms in total. The Hall–Kier alpha value is -5.21. The third-order valence-corrected chi connectivity index (χ3v) is 7.59. The van der Waals surface area contributed by atoms with Crippen molar-refractivity contribution in [1.29, 1.82) is 0 Å². The van der Waals surface area contributed by atoms with Gasteiger partial charge in [0.2, 0.25) is 0 Å². The number of hydrogen-bond donors (Lipinski definition) is 0. The summed E-state index contributed by atoms with van der Waals surface area (Å²) >= 11 is 5.78. The van der Waals surface area contributed by atoms with Gasteiger partial charge in [0.25, 0.3) is 11.8 Å². The summed E-state index contributed by atoms with van der Waals surface area (Å²) in [4.78, 5) is 30.9. The van der Waals surface area contributed by atoms with E-state index in [9.17, 15) is 9.59 Å². The number of benzene rings is 4. The molecule has 6 rings (SSSR count). The Morgan fingerprint density at radius 1 is 0.690 bits per heavy atom. The first-order valence-corrected chi connectivity index (χ1v) is 13.7. The summed E-state index contributed by atoms with van der Waals surface area (Å²) in [5.41, 5.74) is 3.94. The minimum Gasteiger partial charge on any atom is -0.497 e. The quantitative estimate of drug-likeness (QED) is 0.127. The van der Waals surface area contributed by atoms with Gasteiger partial charge in [-0.2, -0.15) is 0 Å². The Morgan fingerprint density at radius 2 is 1.21 bits per heavy atom. The Kier molecular flexibility index (Phi) is 7.29. The van der Waals surface area contributed by atoms with E-state index >= 15 is 0 Å². The molecule has 1 aliphatic heterocycles. The van der Waals surface area contributed by atoms with Gasteiger partial charge in [0.15, 0.2) is 5.11 Å². The van der Waals surface area contributed by atoms with Gasteiger partial charge in [0.05, 0.1) is 25.6 Å². The Balaban J connectivity index is 1.48. The van der Waals surface area contributed by atoms with Crippen molar-refractivity contribution in [3.8, 4) is 11.5 Å². The van der Waals surface area contributed by atoms with Crippen LogP contribution >= 0.6 is 12.2 Å². The number of thiocarbonyl (C=S) groups is 1. The van der Waals surface area contributed by atoms with Crippen molar-refractivity contribution in [3.63, 3.8) is 0 Å². The molecule has 1 aliphatic rings. The van der Waals surface area contributed by atoms with E-state index in [0.29, 0.717) is 29.4 Å². The summed E-state index contributed by atoms with van der Waals surface area (Å²) in [5.74, 6) is 0.276. The number of anilines is 2. The van der Waals surface area contributed by atoms with E-state index in [4.69, 9.17) is 21.7 Å². The molecule has 1 fully saturated rings. The van der Waals surface area contributed by atoms with Crippen LogP contribution in [0.25, 0.3) is 17.0 Å². The number of amides is 2. The molecule has 0 atom stereocenters. The van der Waals surface area contributed by atoms with Gasteiger partial charge in [-0.05, 0) is 78.5 Å². The zero-order valence-corrected chi connectivity index (χ0v) is 23.9. The minimum atomic E-state index is -0.500. The molecule has 0 spiro atoms. The lowest BCUT2D eigenvalue weighted by Gasteiger charge is -2.36. The molecule has 2 heterocycles. The molecule has 0 aliphatic carbocycles. The maximum absolute atomic E-state index is 14.1. The van der Waals surface area contributed by atoms with Gasteiger partial charge in [-0.15, -0.1) is 0 Å². The van der Waals surface area contributed by atoms with E-state index in [-0.39, 0.29) is 10.7 Å². The highest BCUT2D eigenvalue weighted by Crippen LogP contribution is 2.33. The average Bonchev–Trinajstić information content (AvgIpc) is 3.37. The van der Waals surface area contributed by atoms with Gasteiger partial charge in [0.1, 0.15) is 17.1 Å². The van der Waals surface area contributed by atoms with E-state index in [2.05, 4.69) is 16.7 Å². The van der Waals surface area contributed by atoms with Gasteiger partial charge < -0.3 is 14.0 Å². The number of para-hydroxylation sites is 1. The first kappa shape index (κ1) is 27.0. The fourth-order valence-corrected chi connectivity index (χ4v) is 5.48. The predicted octanol–water partition coefficient (Wildman–Crippen LogP) is 6.46. The summed E-state index contributed by atoms with van der Waals surface area (Å²) in [6.07, 6.45) is 3.65. The van der Waals surface area contributed by atoms with Crippen LogP contribution < -0.4 is 19.3 Å². The van der Waals surface area contributed by atoms with E-state index < -0.39 is 11.8 Å². The molecule has 4 aromatic carbocycles. The normalized spacial score (nSPS) is 13.6. The zero-order chi connectivity index (χ0) is 29.2. The number of methoxy groups -OCH3 is 2. The van der Waals surface area contributed by atoms with Crippen molar-refractivity contribution in [2.75, 3.05) is 24.0 Å². The summed E-state index contributed by atoms with van der Waals surface area (Å²) < 4.78 is 12.7. The second-order valence-corrected chi connectivity index (χ2v) is 10.1. The van der Waals surface area contributed by atoms with Gasteiger partial charge in [-0.3, -0.25) is 19.4 Å². The monoisotopic (exact) mass is 573 g/mol. The number of nitrogens with zero attached hydrogens (tertiary/aromatic N) is 3. The number of fused-ring (bicyclic) bond motifs is 1. The average molecular weight is 574 g/mol. The lowest BCUT2D eigenvalue weighted by Crippen LogP contribution is -2.56. The molecule has 208 valence electrons. The molecule has 1 aromatic heterocycles. The van der Waals surface area contributed by atoms with E-state index in [1.54, 1.807) is 68.8 Å². The largest absolute Gasteiger partial charge is 0.497 e. The number of rotatable bonds is 7. The fraction of sp³-hybridized carbons (Fsp3) is 0.0882. The molecule has 0 saturated carbocycles. The standard InChI is InChI=1S/C34H27N3O4S/c1-40-27-16-12-25(13-17-27)36-32(38)30(33(39)37(34(36)42)26-14-18-28(41-2)19-15-26)20-24-22-35(21-23-8-4-3-5-9-23)31-11-7-6-10-29(24)31/h3-20,22H,21H2,1-2H3. The van der Waals surface area contributed by atoms with Crippen molar-refractivity contribution in [3.05, 3.63) is 126 Å². The maximum Gasteiger partial charge on any atom is 0.270 e. The van der Waals surface area contributed by atoms with Crippen molar-refractivity contribution in [1.82, 2.24) is 4.57 Å². The van der Waals surface area contributed by atoms with Crippen LogP contribution in [0.5, 0.6) is 11.5 Å². The summed E-state index contributed by atoms with van der Waals surface area (Å²) in [6.45, 7) is 0.645. The molecule has 2 amide bonds. The highest BCUT2D eigenvalue weighted by atomic mass is 32.1. The number of carbonyl (C=O) groups excluding carboxylic acids is 2. The van der Waals surface area contributed by atoms with Crippen LogP contribution in [0.4, 0.5) is 11.4 Å². The summed E-state index contributed by atoms with van der Waals surface area (Å²) in [5, 5.41) is 0.991. The Bertz CT molecular complexity index is 1760. The van der Waals surface area contributed by atoms with Crippen LogP contribution in [0.1, 0.15) is 11.1 Å². The molecule has 0 radical (unpaired) electrons. The van der Waals surface area contributed by atoms with Crippen molar-refractivity contribution in [2.24, 2.45) is 0 Å². The van der Waals surface area contributed by atoms with Gasteiger partial charge >= 0.3 is 0 Å². The lowest BCUT2D eigenvalue weighted by molar-refractivity contribution is -0.120. The van der Waals surface area contributed by atoms with Crippen LogP contribution in [0, 0.1) is 0 Å². The first-order chi connectivity index (χ1) is 20.5. The highest BCUT2D eigenvalue weighted by molar-refractivity contribution is 7.81. The SMILES string of the molecule is COc1ccc(N2C(=O)C(=Cc3cn(Cc4ccccc4)c4ccccc34)C(=O)N(c3ccc(OC)cc3)C2=S)cc1. The van der Waals surface area contributed by atoms with Crippen molar-refractivity contribution in [2.45, 2.75) is 6.54 Å². The van der Waals surface area contributed by atoms with Gasteiger partial charge in [-0.25, -0.2) is 0 Å². The number of ether oxygens (including phenoxy) is 2. The third kappa shape index (κ3) is 4.93. The topological polar surface area (TPSA) is 64.0 Å². The lowest BCUT2D eigenvalue weighted by atomic mass is 10.0. The molecule has 1 saturated heterocycles. The van der Waals surface area contributed by atoms with Crippen molar-refractivity contribution >= 4 is 57.5 Å². The maximum atomic E-state index is 14.1. The second-order valence-electron chi connectivity index (χ2n) is 9.73. The first-order valence-electron chi connectivity index (χ1n) is 13.3. The molecule has 0 unspecified atom stereocenters. The van der Waals surface area contributed by atoms with Crippen LogP contribution in [-0.4, -0.2) is 35.7 Å². The molecular formula is C34H27N3O4S. The summed E-state index contributed by atoms with van der Waals surface area (Å²) in [6, 6.07) is 32.1. The van der Waals surface area contributed by atoms with E-state index in [1.807, 2.05) is 48.7 Å². The number of aromatic nitrogens is 1. The molecule has 8 heteroatoms. The molecule has 5 aromatic rings. The highest BCUT2D eigenvalue weighted by Gasteiger charge is 2.41. The molecular weight excluding hydrogens is 546 g/mol. The predicted molar refractivity (Wildman–Crippen MR) is 169 cm³/mol. The third-order valence-electron chi connectivity index (χ3n) is 7.23. The molecule has 0 bridgehead atoms. The van der Waals surface area contributed by atoms with Gasteiger partial charge in [0, 0.05) is 29.2 Å².